The van der Waals surface area contributed by atoms with Crippen LogP contribution in [0.25, 0.3) is 0 Å². The monoisotopic (exact) mass is 1250 g/mol. The molecule has 0 aromatic carbocycles. The Morgan fingerprint density at radius 1 is 0.264 bits per heavy atom. The molecule has 488 valence electrons. The summed E-state index contributed by atoms with van der Waals surface area (Å²) in [6.07, 6.45) is -36.9. The molecule has 4 rings (SSSR count). The van der Waals surface area contributed by atoms with E-state index in [9.17, 15) is 67.1 Å². The van der Waals surface area contributed by atoms with Crippen molar-refractivity contribution < 1.29 is 162 Å². The molecule has 35 heteroatoms. The second-order valence-electron chi connectivity index (χ2n) is 19.6. The summed E-state index contributed by atoms with van der Waals surface area (Å²) < 4.78 is 116. The van der Waals surface area contributed by atoms with Gasteiger partial charge in [0, 0.05) is 96.9 Å². The highest BCUT2D eigenvalue weighted by atomic mass is 16.8. The lowest BCUT2D eigenvalue weighted by molar-refractivity contribution is -0.380. The summed E-state index contributed by atoms with van der Waals surface area (Å²) in [5.74, 6) is -14.3. The van der Waals surface area contributed by atoms with Gasteiger partial charge in [-0.3, -0.25) is 67.1 Å². The zero-order chi connectivity index (χ0) is 65.3. The molecule has 0 saturated carbocycles. The van der Waals surface area contributed by atoms with E-state index in [0.29, 0.717) is 0 Å². The fraction of sp³-hybridized carbons (Fsp3) is 0.731. The molecule has 4 saturated heterocycles. The number of esters is 13. The van der Waals surface area contributed by atoms with Crippen LogP contribution < -0.4 is 5.32 Å². The van der Waals surface area contributed by atoms with Crippen molar-refractivity contribution in [3.8, 4) is 0 Å². The van der Waals surface area contributed by atoms with Crippen molar-refractivity contribution in [3.63, 3.8) is 0 Å². The smallest absolute Gasteiger partial charge is 0.305 e. The average Bonchev–Trinajstić information content (AvgIpc) is 0.959. The van der Waals surface area contributed by atoms with E-state index in [0.717, 1.165) is 96.9 Å². The predicted octanol–water partition coefficient (Wildman–Crippen LogP) is -2.18. The Bertz CT molecular complexity index is 2540. The lowest BCUT2D eigenvalue weighted by Gasteiger charge is -2.51. The summed E-state index contributed by atoms with van der Waals surface area (Å²) in [7, 11) is 0. The van der Waals surface area contributed by atoms with E-state index in [1.54, 1.807) is 0 Å². The fourth-order valence-electron chi connectivity index (χ4n) is 9.43. The molecule has 87 heavy (non-hydrogen) atoms. The summed E-state index contributed by atoms with van der Waals surface area (Å²) >= 11 is 0. The molecule has 0 aromatic rings. The fourth-order valence-corrected chi connectivity index (χ4v) is 9.43. The Balaban J connectivity index is 2.10. The minimum Gasteiger partial charge on any atom is -0.463 e. The lowest BCUT2D eigenvalue weighted by Crippen LogP contribution is -2.70. The van der Waals surface area contributed by atoms with Crippen LogP contribution in [0.2, 0.25) is 0 Å². The summed E-state index contributed by atoms with van der Waals surface area (Å²) in [5.41, 5.74) is 0. The van der Waals surface area contributed by atoms with E-state index in [4.69, 9.17) is 94.7 Å². The Hall–Kier alpha value is -7.70. The van der Waals surface area contributed by atoms with Crippen LogP contribution in [0.4, 0.5) is 0 Å². The van der Waals surface area contributed by atoms with Crippen LogP contribution in [0, 0.1) is 0 Å². The van der Waals surface area contributed by atoms with Gasteiger partial charge in [-0.15, -0.1) is 0 Å². The summed E-state index contributed by atoms with van der Waals surface area (Å²) in [6.45, 7) is 9.88. The van der Waals surface area contributed by atoms with Crippen molar-refractivity contribution in [1.82, 2.24) is 5.32 Å². The first-order chi connectivity index (χ1) is 40.6. The molecule has 1 amide bonds. The zero-order valence-corrected chi connectivity index (χ0v) is 49.8. The minimum absolute atomic E-state index is 0.737. The number of carbonyl (C=O) groups excluding carboxylic acids is 14. The summed E-state index contributed by atoms with van der Waals surface area (Å²) in [6, 6.07) is -1.70. The van der Waals surface area contributed by atoms with Crippen molar-refractivity contribution in [1.29, 1.82) is 0 Å². The number of carbonyl (C=O) groups is 14. The highest BCUT2D eigenvalue weighted by Gasteiger charge is 2.61. The van der Waals surface area contributed by atoms with Gasteiger partial charge in [0.2, 0.25) is 12.2 Å². The maximum Gasteiger partial charge on any atom is 0.305 e. The Morgan fingerprint density at radius 3 is 0.885 bits per heavy atom. The van der Waals surface area contributed by atoms with Crippen molar-refractivity contribution >= 4 is 83.5 Å². The van der Waals surface area contributed by atoms with E-state index in [2.05, 4.69) is 5.32 Å². The van der Waals surface area contributed by atoms with Gasteiger partial charge in [-0.1, -0.05) is 0 Å². The first-order valence-corrected chi connectivity index (χ1v) is 26.6. The van der Waals surface area contributed by atoms with Crippen LogP contribution in [0.3, 0.4) is 0 Å². The van der Waals surface area contributed by atoms with Gasteiger partial charge in [0.05, 0.1) is 6.61 Å². The molecule has 4 aliphatic heterocycles. The summed E-state index contributed by atoms with van der Waals surface area (Å²) in [5, 5.41) is 2.46. The Labute approximate surface area is 495 Å². The molecule has 4 aliphatic rings. The van der Waals surface area contributed by atoms with Crippen molar-refractivity contribution in [2.45, 2.75) is 220 Å². The lowest BCUT2D eigenvalue weighted by atomic mass is 9.94. The standard InChI is InChI=1S/C52H71NO34/c1-19(54)53-37-42(75-26(8)61)38(33(15-68-20(2)55)82-49(37)81-32(14)67)86-51-48(80-31(13)66)45(87-52-47(79-30(12)65)44(77-28(10)63)40(73-24(6)59)35(84-52)17-70-22(4)57)41(74-25(7)60)36(85-51)18-71-50-46(78-29(11)64)43(76-27(9)62)39(72-23(5)58)34(83-50)16-69-21(3)56/h33-52H,15-18H2,1-14H3,(H,53,54)/t33?,34?,35-,36?,37?,38+,39+,40+,41+,42+,43-,44?,45-,46?,47?,48?,49-,50-,51-,52+/m0/s1. The van der Waals surface area contributed by atoms with E-state index < -0.39 is 233 Å². The van der Waals surface area contributed by atoms with E-state index >= 15 is 0 Å². The maximum absolute atomic E-state index is 13.5. The van der Waals surface area contributed by atoms with Gasteiger partial charge in [0.1, 0.15) is 62.5 Å². The molecular weight excluding hydrogens is 1180 g/mol. The molecular formula is C52H71NO34. The molecule has 0 bridgehead atoms. The Morgan fingerprint density at radius 2 is 0.529 bits per heavy atom. The third-order valence-corrected chi connectivity index (χ3v) is 12.2. The van der Waals surface area contributed by atoms with Crippen LogP contribution in [-0.2, 0) is 162 Å². The van der Waals surface area contributed by atoms with Crippen LogP contribution in [0.15, 0.2) is 0 Å². The largest absolute Gasteiger partial charge is 0.463 e. The minimum atomic E-state index is -2.30. The highest BCUT2D eigenvalue weighted by Crippen LogP contribution is 2.39. The predicted molar refractivity (Wildman–Crippen MR) is 270 cm³/mol. The number of nitrogens with one attached hydrogen (secondary N) is 1. The average molecular weight is 1250 g/mol. The molecule has 4 fully saturated rings. The van der Waals surface area contributed by atoms with Gasteiger partial charge in [-0.2, -0.15) is 0 Å². The van der Waals surface area contributed by atoms with Gasteiger partial charge in [0.25, 0.3) is 0 Å². The third kappa shape index (κ3) is 21.9. The van der Waals surface area contributed by atoms with Gasteiger partial charge < -0.3 is 100 Å². The number of hydrogen-bond acceptors (Lipinski definition) is 34. The second kappa shape index (κ2) is 32.9. The SMILES string of the molecule is CC(=O)NC1[C@@H](OC(C)=O)OC(COC(C)=O)[C@@H](O[C@@H]2OC(CO[C@H]3OC(COC(C)=O)[C@@H](OC(C)=O)[C@H](OC(C)=O)C3OC(C)=O)[C@@H](OC(C)=O)[C@H](O[C@H]3O[C@@H](COC(C)=O)[C@@H](OC(C)=O)C(OC(C)=O)C3OC(C)=O)C2OC(C)=O)[C@@H]1OC(C)=O. The van der Waals surface area contributed by atoms with Gasteiger partial charge in [-0.05, 0) is 0 Å². The number of hydrogen-bond donors (Lipinski definition) is 1. The molecule has 4 heterocycles. The molecule has 1 N–H and O–H groups in total. The van der Waals surface area contributed by atoms with Gasteiger partial charge in [0.15, 0.2) is 73.8 Å². The van der Waals surface area contributed by atoms with Crippen LogP contribution in [0.5, 0.6) is 0 Å². The zero-order valence-electron chi connectivity index (χ0n) is 49.8. The number of ether oxygens (including phenoxy) is 20. The van der Waals surface area contributed by atoms with E-state index in [1.807, 2.05) is 0 Å². The summed E-state index contributed by atoms with van der Waals surface area (Å²) in [4.78, 5) is 179. The Kier molecular flexibility index (Phi) is 27.1. The van der Waals surface area contributed by atoms with Gasteiger partial charge >= 0.3 is 77.6 Å². The molecule has 0 aliphatic carbocycles. The first-order valence-electron chi connectivity index (χ1n) is 26.6. The van der Waals surface area contributed by atoms with Crippen LogP contribution in [0.1, 0.15) is 96.9 Å². The number of amides is 1. The maximum atomic E-state index is 13.5. The van der Waals surface area contributed by atoms with Crippen LogP contribution in [-0.4, -0.2) is 233 Å². The van der Waals surface area contributed by atoms with Gasteiger partial charge in [-0.25, -0.2) is 0 Å². The van der Waals surface area contributed by atoms with Crippen molar-refractivity contribution in [3.05, 3.63) is 0 Å². The second-order valence-corrected chi connectivity index (χ2v) is 19.6. The molecule has 0 aromatic heterocycles. The van der Waals surface area contributed by atoms with Crippen LogP contribution >= 0.6 is 0 Å². The molecule has 8 unspecified atom stereocenters. The van der Waals surface area contributed by atoms with E-state index in [1.165, 1.54) is 0 Å². The third-order valence-electron chi connectivity index (χ3n) is 12.2. The van der Waals surface area contributed by atoms with Crippen molar-refractivity contribution in [2.24, 2.45) is 0 Å². The molecule has 35 nitrogen and oxygen atoms in total. The molecule has 0 radical (unpaired) electrons. The highest BCUT2D eigenvalue weighted by molar-refractivity contribution is 5.74. The quantitative estimate of drug-likeness (QED) is 0.0792. The van der Waals surface area contributed by atoms with Crippen molar-refractivity contribution in [2.75, 3.05) is 26.4 Å². The van der Waals surface area contributed by atoms with E-state index in [-0.39, 0.29) is 0 Å². The topological polar surface area (TPSA) is 436 Å². The molecule has 0 spiro atoms. The molecule has 20 atom stereocenters. The first kappa shape index (κ1) is 71.8. The number of rotatable bonds is 24. The normalized spacial score (nSPS) is 31.9.